The van der Waals surface area contributed by atoms with Gasteiger partial charge in [-0.25, -0.2) is 0 Å². The number of nitrogens with zero attached hydrogens (tertiary/aromatic N) is 1. The first-order valence-corrected chi connectivity index (χ1v) is 7.16. The molecule has 0 aliphatic carbocycles. The Morgan fingerprint density at radius 3 is 2.55 bits per heavy atom. The van der Waals surface area contributed by atoms with Crippen LogP contribution < -0.4 is 0 Å². The van der Waals surface area contributed by atoms with Crippen molar-refractivity contribution in [2.75, 3.05) is 6.61 Å². The Labute approximate surface area is 127 Å². The highest BCUT2D eigenvalue weighted by atomic mass is 16.6. The summed E-state index contributed by atoms with van der Waals surface area (Å²) in [6.07, 6.45) is 1.31. The smallest absolute Gasteiger partial charge is 0.275 e. The Morgan fingerprint density at radius 1 is 1.14 bits per heavy atom. The topological polar surface area (TPSA) is 69.4 Å². The molecular weight excluding hydrogens is 282 g/mol. The fraction of sp³-hybridized carbons (Fsp3) is 0.235. The summed E-state index contributed by atoms with van der Waals surface area (Å²) in [5.74, 6) is -0.144. The number of nitro groups is 1. The number of ketones is 1. The predicted octanol–water partition coefficient (Wildman–Crippen LogP) is 3.68. The average molecular weight is 297 g/mol. The molecule has 0 radical (unpaired) electrons. The van der Waals surface area contributed by atoms with Gasteiger partial charge >= 0.3 is 0 Å². The zero-order valence-corrected chi connectivity index (χ0v) is 11.9. The van der Waals surface area contributed by atoms with Gasteiger partial charge in [0.1, 0.15) is 0 Å². The molecule has 1 aliphatic rings. The molecule has 2 aromatic rings. The summed E-state index contributed by atoms with van der Waals surface area (Å²) < 4.78 is 5.55. The summed E-state index contributed by atoms with van der Waals surface area (Å²) in [4.78, 5) is 23.3. The van der Waals surface area contributed by atoms with Crippen LogP contribution in [0, 0.1) is 10.1 Å². The largest absolute Gasteiger partial charge is 0.373 e. The molecule has 5 heteroatoms. The van der Waals surface area contributed by atoms with Crippen LogP contribution in [-0.2, 0) is 4.74 Å². The molecule has 0 spiro atoms. The van der Waals surface area contributed by atoms with E-state index in [4.69, 9.17) is 4.74 Å². The Kier molecular flexibility index (Phi) is 3.98. The molecule has 112 valence electrons. The maximum atomic E-state index is 12.5. The van der Waals surface area contributed by atoms with Crippen LogP contribution >= 0.6 is 0 Å². The van der Waals surface area contributed by atoms with Gasteiger partial charge in [-0.2, -0.15) is 0 Å². The summed E-state index contributed by atoms with van der Waals surface area (Å²) in [7, 11) is 0. The van der Waals surface area contributed by atoms with E-state index in [1.54, 1.807) is 30.3 Å². The quantitative estimate of drug-likeness (QED) is 0.490. The first-order chi connectivity index (χ1) is 10.7. The molecule has 0 bridgehead atoms. The Balaban J connectivity index is 2.01. The molecule has 22 heavy (non-hydrogen) atoms. The number of carbonyl (C=O) groups excluding carboxylic acids is 1. The molecule has 3 rings (SSSR count). The van der Waals surface area contributed by atoms with Crippen molar-refractivity contribution in [3.63, 3.8) is 0 Å². The van der Waals surface area contributed by atoms with Crippen LogP contribution in [0.3, 0.4) is 0 Å². The zero-order chi connectivity index (χ0) is 15.5. The number of nitro benzene ring substituents is 1. The molecule has 0 aromatic heterocycles. The number of rotatable bonds is 4. The standard InChI is InChI=1S/C17H15NO4/c19-17(12-5-2-1-3-6-12)13-8-9-15(18(20)21)14(11-13)16-7-4-10-22-16/h1-3,5-6,8-9,11,16H,4,7,10H2. The number of hydrogen-bond acceptors (Lipinski definition) is 4. The second-order valence-corrected chi connectivity index (χ2v) is 5.23. The Bertz CT molecular complexity index is 706. The van der Waals surface area contributed by atoms with Gasteiger partial charge in [0.25, 0.3) is 5.69 Å². The van der Waals surface area contributed by atoms with Crippen LogP contribution in [0.5, 0.6) is 0 Å². The van der Waals surface area contributed by atoms with Gasteiger partial charge < -0.3 is 4.74 Å². The second-order valence-electron chi connectivity index (χ2n) is 5.23. The summed E-state index contributed by atoms with van der Waals surface area (Å²) in [6.45, 7) is 0.596. The third kappa shape index (κ3) is 2.76. The lowest BCUT2D eigenvalue weighted by molar-refractivity contribution is -0.386. The Morgan fingerprint density at radius 2 is 1.91 bits per heavy atom. The van der Waals surface area contributed by atoms with E-state index in [9.17, 15) is 14.9 Å². The minimum Gasteiger partial charge on any atom is -0.373 e. The maximum absolute atomic E-state index is 12.5. The van der Waals surface area contributed by atoms with Gasteiger partial charge in [0.05, 0.1) is 16.6 Å². The molecule has 1 unspecified atom stereocenters. The highest BCUT2D eigenvalue weighted by Gasteiger charge is 2.27. The van der Waals surface area contributed by atoms with Crippen molar-refractivity contribution in [2.24, 2.45) is 0 Å². The lowest BCUT2D eigenvalue weighted by Crippen LogP contribution is -2.06. The van der Waals surface area contributed by atoms with Crippen molar-refractivity contribution in [1.82, 2.24) is 0 Å². The van der Waals surface area contributed by atoms with Crippen LogP contribution in [0.25, 0.3) is 0 Å². The molecule has 1 heterocycles. The molecule has 1 saturated heterocycles. The molecule has 0 N–H and O–H groups in total. The van der Waals surface area contributed by atoms with E-state index < -0.39 is 4.92 Å². The van der Waals surface area contributed by atoms with Gasteiger partial charge in [-0.3, -0.25) is 14.9 Å². The fourth-order valence-corrected chi connectivity index (χ4v) is 2.70. The van der Waals surface area contributed by atoms with E-state index in [2.05, 4.69) is 0 Å². The van der Waals surface area contributed by atoms with Gasteiger partial charge in [-0.1, -0.05) is 30.3 Å². The van der Waals surface area contributed by atoms with Crippen LogP contribution in [0.4, 0.5) is 5.69 Å². The van der Waals surface area contributed by atoms with Crippen LogP contribution in [0.2, 0.25) is 0 Å². The van der Waals surface area contributed by atoms with E-state index in [0.29, 0.717) is 23.3 Å². The normalized spacial score (nSPS) is 17.4. The SMILES string of the molecule is O=C(c1ccccc1)c1ccc([N+](=O)[O-])c(C2CCCO2)c1. The monoisotopic (exact) mass is 297 g/mol. The highest BCUT2D eigenvalue weighted by Crippen LogP contribution is 2.35. The summed E-state index contributed by atoms with van der Waals surface area (Å²) >= 11 is 0. The summed E-state index contributed by atoms with van der Waals surface area (Å²) in [5, 5.41) is 11.2. The molecule has 1 aliphatic heterocycles. The van der Waals surface area contributed by atoms with Crippen molar-refractivity contribution in [3.05, 3.63) is 75.3 Å². The summed E-state index contributed by atoms with van der Waals surface area (Å²) in [6, 6.07) is 13.4. The molecular formula is C17H15NO4. The molecule has 2 aromatic carbocycles. The van der Waals surface area contributed by atoms with Crippen molar-refractivity contribution < 1.29 is 14.5 Å². The average Bonchev–Trinajstić information content (AvgIpc) is 3.08. The minimum atomic E-state index is -0.423. The minimum absolute atomic E-state index is 0.0107. The molecule has 1 fully saturated rings. The van der Waals surface area contributed by atoms with Crippen LogP contribution in [0.1, 0.15) is 40.4 Å². The van der Waals surface area contributed by atoms with Crippen LogP contribution in [0.15, 0.2) is 48.5 Å². The first kappa shape index (κ1) is 14.4. The van der Waals surface area contributed by atoms with Gasteiger partial charge in [0.2, 0.25) is 0 Å². The predicted molar refractivity (Wildman–Crippen MR) is 80.9 cm³/mol. The highest BCUT2D eigenvalue weighted by molar-refractivity contribution is 6.09. The van der Waals surface area contributed by atoms with E-state index in [1.807, 2.05) is 6.07 Å². The van der Waals surface area contributed by atoms with E-state index >= 15 is 0 Å². The maximum Gasteiger partial charge on any atom is 0.275 e. The number of benzene rings is 2. The van der Waals surface area contributed by atoms with Crippen LogP contribution in [-0.4, -0.2) is 17.3 Å². The Hall–Kier alpha value is -2.53. The molecule has 1 atom stereocenters. The third-order valence-corrected chi connectivity index (χ3v) is 3.80. The second kappa shape index (κ2) is 6.07. The van der Waals surface area contributed by atoms with Crippen molar-refractivity contribution in [1.29, 1.82) is 0 Å². The lowest BCUT2D eigenvalue weighted by atomic mass is 9.97. The van der Waals surface area contributed by atoms with E-state index in [-0.39, 0.29) is 17.6 Å². The van der Waals surface area contributed by atoms with Gasteiger partial charge in [0, 0.05) is 23.8 Å². The van der Waals surface area contributed by atoms with Crippen molar-refractivity contribution in [2.45, 2.75) is 18.9 Å². The van der Waals surface area contributed by atoms with Gasteiger partial charge in [-0.15, -0.1) is 0 Å². The van der Waals surface area contributed by atoms with E-state index in [0.717, 1.165) is 12.8 Å². The van der Waals surface area contributed by atoms with Gasteiger partial charge in [0.15, 0.2) is 5.78 Å². The lowest BCUT2D eigenvalue weighted by Gasteiger charge is -2.11. The molecule has 0 saturated carbocycles. The van der Waals surface area contributed by atoms with E-state index in [1.165, 1.54) is 12.1 Å². The number of hydrogen-bond donors (Lipinski definition) is 0. The number of ether oxygens (including phenoxy) is 1. The first-order valence-electron chi connectivity index (χ1n) is 7.16. The molecule has 5 nitrogen and oxygen atoms in total. The van der Waals surface area contributed by atoms with Gasteiger partial charge in [-0.05, 0) is 25.0 Å². The fourth-order valence-electron chi connectivity index (χ4n) is 2.70. The molecule has 0 amide bonds. The summed E-state index contributed by atoms with van der Waals surface area (Å²) in [5.41, 5.74) is 1.51. The number of carbonyl (C=O) groups is 1. The van der Waals surface area contributed by atoms with Crippen molar-refractivity contribution in [3.8, 4) is 0 Å². The third-order valence-electron chi connectivity index (χ3n) is 3.80. The van der Waals surface area contributed by atoms with Crippen molar-refractivity contribution >= 4 is 11.5 Å². The zero-order valence-electron chi connectivity index (χ0n) is 11.9.